The van der Waals surface area contributed by atoms with Gasteiger partial charge in [0.15, 0.2) is 0 Å². The number of nitrogens with two attached hydrogens (primary N) is 1. The van der Waals surface area contributed by atoms with Gasteiger partial charge in [0.2, 0.25) is 5.91 Å². The van der Waals surface area contributed by atoms with Crippen molar-refractivity contribution in [3.8, 4) is 0 Å². The average Bonchev–Trinajstić information content (AvgIpc) is 2.92. The highest BCUT2D eigenvalue weighted by atomic mass is 35.5. The number of aryl methyl sites for hydroxylation is 1. The number of nitrogens with zero attached hydrogens (tertiary/aromatic N) is 1. The highest BCUT2D eigenvalue weighted by Gasteiger charge is 2.13. The van der Waals surface area contributed by atoms with Crippen molar-refractivity contribution in [1.82, 2.24) is 4.57 Å². The summed E-state index contributed by atoms with van der Waals surface area (Å²) in [4.78, 5) is 12.1. The summed E-state index contributed by atoms with van der Waals surface area (Å²) in [6.45, 7) is 3.37. The molecule has 3 aromatic rings. The molecule has 0 fully saturated rings. The molecule has 3 N–H and O–H groups in total. The third-order valence-electron chi connectivity index (χ3n) is 4.38. The molecule has 0 spiro atoms. The molecule has 1 heterocycles. The van der Waals surface area contributed by atoms with Gasteiger partial charge in [0, 0.05) is 47.7 Å². The van der Waals surface area contributed by atoms with Crippen molar-refractivity contribution in [2.45, 2.75) is 26.0 Å². The number of ether oxygens (including phenoxy) is 1. The van der Waals surface area contributed by atoms with E-state index in [1.807, 2.05) is 24.3 Å². The van der Waals surface area contributed by atoms with Crippen LogP contribution in [0.15, 0.2) is 42.5 Å². The zero-order chi connectivity index (χ0) is 17.1. The number of nitrogens with one attached hydrogen (secondary N) is 1. The van der Waals surface area contributed by atoms with Crippen molar-refractivity contribution >= 4 is 45.8 Å². The Morgan fingerprint density at radius 1 is 1.20 bits per heavy atom. The third kappa shape index (κ3) is 3.79. The van der Waals surface area contributed by atoms with Gasteiger partial charge in [-0.3, -0.25) is 4.79 Å². The van der Waals surface area contributed by atoms with Gasteiger partial charge in [-0.1, -0.05) is 18.2 Å². The fourth-order valence-corrected chi connectivity index (χ4v) is 3.15. The topological polar surface area (TPSA) is 69.3 Å². The number of aromatic nitrogens is 1. The number of hydrogen-bond donors (Lipinski definition) is 2. The van der Waals surface area contributed by atoms with Crippen LogP contribution in [0.5, 0.6) is 0 Å². The number of fused-ring (bicyclic) bond motifs is 3. The van der Waals surface area contributed by atoms with Crippen LogP contribution >= 0.6 is 12.4 Å². The van der Waals surface area contributed by atoms with E-state index in [0.717, 1.165) is 17.6 Å². The molecule has 134 valence electrons. The second kappa shape index (κ2) is 8.34. The normalized spacial score (nSPS) is 12.1. The molecular weight excluding hydrogens is 338 g/mol. The minimum Gasteiger partial charge on any atom is -0.380 e. The van der Waals surface area contributed by atoms with E-state index in [4.69, 9.17) is 10.5 Å². The van der Waals surface area contributed by atoms with Crippen molar-refractivity contribution in [2.24, 2.45) is 5.73 Å². The predicted octanol–water partition coefficient (Wildman–Crippen LogP) is 3.54. The number of methoxy groups -OCH3 is 1. The van der Waals surface area contributed by atoms with E-state index in [9.17, 15) is 4.79 Å². The summed E-state index contributed by atoms with van der Waals surface area (Å²) in [5, 5.41) is 5.28. The van der Waals surface area contributed by atoms with Gasteiger partial charge >= 0.3 is 0 Å². The lowest BCUT2D eigenvalue weighted by Gasteiger charge is -2.12. The number of anilines is 1. The van der Waals surface area contributed by atoms with Gasteiger partial charge in [-0.15, -0.1) is 12.4 Å². The lowest BCUT2D eigenvalue weighted by atomic mass is 10.1. The van der Waals surface area contributed by atoms with Crippen LogP contribution in [0.2, 0.25) is 0 Å². The van der Waals surface area contributed by atoms with Gasteiger partial charge in [0.1, 0.15) is 0 Å². The average molecular weight is 362 g/mol. The standard InChI is InChI=1S/C19H23N3O2.ClH/c1-3-22-17-7-5-4-6-15(17)16-10-13(8-9-18(16)22)21-19(23)11-14(12-20)24-2;/h4-10,14H,3,11-12,20H2,1-2H3,(H,21,23);1H. The first-order chi connectivity index (χ1) is 11.7. The molecule has 0 bridgehead atoms. The van der Waals surface area contributed by atoms with Crippen LogP contribution in [0, 0.1) is 0 Å². The molecule has 0 aliphatic rings. The molecule has 0 saturated heterocycles. The van der Waals surface area contributed by atoms with Crippen LogP contribution in [0.1, 0.15) is 13.3 Å². The quantitative estimate of drug-likeness (QED) is 0.705. The summed E-state index contributed by atoms with van der Waals surface area (Å²) >= 11 is 0. The molecule has 25 heavy (non-hydrogen) atoms. The first-order valence-corrected chi connectivity index (χ1v) is 8.21. The van der Waals surface area contributed by atoms with Gasteiger partial charge in [-0.25, -0.2) is 0 Å². The lowest BCUT2D eigenvalue weighted by molar-refractivity contribution is -0.118. The molecule has 1 aromatic heterocycles. The van der Waals surface area contributed by atoms with Crippen LogP contribution in [-0.4, -0.2) is 30.2 Å². The maximum Gasteiger partial charge on any atom is 0.227 e. The Labute approximate surface area is 153 Å². The first kappa shape index (κ1) is 19.2. The van der Waals surface area contributed by atoms with E-state index >= 15 is 0 Å². The molecule has 0 radical (unpaired) electrons. The summed E-state index contributed by atoms with van der Waals surface area (Å²) in [6, 6.07) is 14.4. The second-order valence-electron chi connectivity index (χ2n) is 5.84. The molecule has 1 unspecified atom stereocenters. The Bertz CT molecular complexity index is 872. The highest BCUT2D eigenvalue weighted by molar-refractivity contribution is 6.09. The number of para-hydroxylation sites is 1. The maximum absolute atomic E-state index is 12.1. The van der Waals surface area contributed by atoms with Gasteiger partial charge in [0.05, 0.1) is 12.5 Å². The first-order valence-electron chi connectivity index (χ1n) is 8.21. The van der Waals surface area contributed by atoms with E-state index in [2.05, 4.69) is 35.0 Å². The maximum atomic E-state index is 12.1. The minimum atomic E-state index is -0.254. The molecule has 6 heteroatoms. The number of amides is 1. The number of benzene rings is 2. The van der Waals surface area contributed by atoms with E-state index in [1.54, 1.807) is 7.11 Å². The van der Waals surface area contributed by atoms with Crippen LogP contribution in [0.4, 0.5) is 5.69 Å². The lowest BCUT2D eigenvalue weighted by Crippen LogP contribution is -2.28. The molecule has 2 aromatic carbocycles. The Morgan fingerprint density at radius 2 is 1.92 bits per heavy atom. The summed E-state index contributed by atoms with van der Waals surface area (Å²) in [5.74, 6) is -0.0918. The number of hydrogen-bond acceptors (Lipinski definition) is 3. The van der Waals surface area contributed by atoms with Crippen molar-refractivity contribution in [1.29, 1.82) is 0 Å². The van der Waals surface area contributed by atoms with Gasteiger partial charge in [-0.2, -0.15) is 0 Å². The highest BCUT2D eigenvalue weighted by Crippen LogP contribution is 2.31. The van der Waals surface area contributed by atoms with Crippen molar-refractivity contribution in [3.05, 3.63) is 42.5 Å². The minimum absolute atomic E-state index is 0. The molecule has 5 nitrogen and oxygen atoms in total. The Kier molecular flexibility index (Phi) is 6.42. The second-order valence-corrected chi connectivity index (χ2v) is 5.84. The zero-order valence-electron chi connectivity index (χ0n) is 14.5. The van der Waals surface area contributed by atoms with Crippen LogP contribution in [-0.2, 0) is 16.1 Å². The fraction of sp³-hybridized carbons (Fsp3) is 0.316. The van der Waals surface area contributed by atoms with Crippen molar-refractivity contribution in [2.75, 3.05) is 19.0 Å². The number of rotatable bonds is 6. The smallest absolute Gasteiger partial charge is 0.227 e. The van der Waals surface area contributed by atoms with Gasteiger partial charge < -0.3 is 20.4 Å². The van der Waals surface area contributed by atoms with Gasteiger partial charge in [0.25, 0.3) is 0 Å². The molecular formula is C19H24ClN3O2. The number of halogens is 1. The predicted molar refractivity (Wildman–Crippen MR) is 105 cm³/mol. The molecule has 1 atom stereocenters. The van der Waals surface area contributed by atoms with Crippen molar-refractivity contribution < 1.29 is 9.53 Å². The Hall–Kier alpha value is -2.08. The molecule has 1 amide bonds. The monoisotopic (exact) mass is 361 g/mol. The van der Waals surface area contributed by atoms with E-state index < -0.39 is 0 Å². The zero-order valence-corrected chi connectivity index (χ0v) is 15.3. The molecule has 3 rings (SSSR count). The molecule has 0 aliphatic heterocycles. The summed E-state index contributed by atoms with van der Waals surface area (Å²) in [5.41, 5.74) is 8.75. The summed E-state index contributed by atoms with van der Waals surface area (Å²) < 4.78 is 7.45. The fourth-order valence-electron chi connectivity index (χ4n) is 3.15. The molecule has 0 aliphatic carbocycles. The van der Waals surface area contributed by atoms with Crippen LogP contribution in [0.25, 0.3) is 21.8 Å². The molecule has 0 saturated carbocycles. The van der Waals surface area contributed by atoms with Crippen LogP contribution < -0.4 is 11.1 Å². The SMILES string of the molecule is CCn1c2ccccc2c2cc(NC(=O)CC(CN)OC)ccc21.Cl. The summed E-state index contributed by atoms with van der Waals surface area (Å²) in [6.07, 6.45) is -0.00221. The van der Waals surface area contributed by atoms with E-state index in [-0.39, 0.29) is 30.8 Å². The van der Waals surface area contributed by atoms with Gasteiger partial charge in [-0.05, 0) is 31.2 Å². The van der Waals surface area contributed by atoms with Crippen molar-refractivity contribution in [3.63, 3.8) is 0 Å². The van der Waals surface area contributed by atoms with E-state index in [1.165, 1.54) is 16.4 Å². The Morgan fingerprint density at radius 3 is 2.60 bits per heavy atom. The Balaban J connectivity index is 0.00000225. The third-order valence-corrected chi connectivity index (χ3v) is 4.38. The van der Waals surface area contributed by atoms with Crippen LogP contribution in [0.3, 0.4) is 0 Å². The number of carbonyl (C=O) groups is 1. The van der Waals surface area contributed by atoms with E-state index in [0.29, 0.717) is 6.54 Å². The number of carbonyl (C=O) groups excluding carboxylic acids is 1. The largest absolute Gasteiger partial charge is 0.380 e. The summed E-state index contributed by atoms with van der Waals surface area (Å²) in [7, 11) is 1.57.